The summed E-state index contributed by atoms with van der Waals surface area (Å²) in [6.07, 6.45) is 2.93. The van der Waals surface area contributed by atoms with E-state index in [1.807, 2.05) is 55.4 Å². The maximum absolute atomic E-state index is 12.3. The number of hydrogen-bond acceptors (Lipinski definition) is 5. The smallest absolute Gasteiger partial charge is 0.275 e. The lowest BCUT2D eigenvalue weighted by molar-refractivity contribution is 0.102. The molecule has 7 heteroatoms. The summed E-state index contributed by atoms with van der Waals surface area (Å²) in [5.41, 5.74) is 2.78. The summed E-state index contributed by atoms with van der Waals surface area (Å²) in [6, 6.07) is 14.8. The maximum atomic E-state index is 12.3. The van der Waals surface area contributed by atoms with Gasteiger partial charge in [0.05, 0.1) is 12.4 Å². The van der Waals surface area contributed by atoms with E-state index >= 15 is 0 Å². The van der Waals surface area contributed by atoms with Crippen molar-refractivity contribution in [3.8, 4) is 0 Å². The van der Waals surface area contributed by atoms with Gasteiger partial charge >= 0.3 is 0 Å². The predicted molar refractivity (Wildman–Crippen MR) is 105 cm³/mol. The summed E-state index contributed by atoms with van der Waals surface area (Å²) < 4.78 is 0. The van der Waals surface area contributed by atoms with Crippen molar-refractivity contribution in [1.82, 2.24) is 9.97 Å². The van der Waals surface area contributed by atoms with E-state index in [-0.39, 0.29) is 11.6 Å². The fraction of sp³-hybridized carbons (Fsp3) is 0.105. The third-order valence-electron chi connectivity index (χ3n) is 3.62. The highest BCUT2D eigenvalue weighted by molar-refractivity contribution is 6.30. The fourth-order valence-corrected chi connectivity index (χ4v) is 2.45. The van der Waals surface area contributed by atoms with Crippen LogP contribution in [0.1, 0.15) is 10.5 Å². The van der Waals surface area contributed by atoms with Crippen LogP contribution in [-0.2, 0) is 0 Å². The largest absolute Gasteiger partial charge is 0.378 e. The molecule has 0 aliphatic heterocycles. The van der Waals surface area contributed by atoms with Crippen LogP contribution in [0.15, 0.2) is 60.9 Å². The lowest BCUT2D eigenvalue weighted by Gasteiger charge is -2.13. The third kappa shape index (κ3) is 4.49. The van der Waals surface area contributed by atoms with Crippen molar-refractivity contribution in [2.75, 3.05) is 29.6 Å². The van der Waals surface area contributed by atoms with E-state index < -0.39 is 0 Å². The highest BCUT2D eigenvalue weighted by Gasteiger charge is 2.09. The Morgan fingerprint density at radius 3 is 2.38 bits per heavy atom. The fourth-order valence-electron chi connectivity index (χ4n) is 2.26. The molecule has 0 aliphatic carbocycles. The number of carbonyl (C=O) groups excluding carboxylic acids is 1. The molecule has 1 amide bonds. The second-order valence-corrected chi connectivity index (χ2v) is 6.25. The highest BCUT2D eigenvalue weighted by Crippen LogP contribution is 2.19. The van der Waals surface area contributed by atoms with Crippen molar-refractivity contribution in [2.24, 2.45) is 0 Å². The first-order chi connectivity index (χ1) is 12.5. The van der Waals surface area contributed by atoms with Crippen molar-refractivity contribution in [3.63, 3.8) is 0 Å². The van der Waals surface area contributed by atoms with Gasteiger partial charge < -0.3 is 15.5 Å². The van der Waals surface area contributed by atoms with Gasteiger partial charge in [-0.05, 0) is 42.5 Å². The minimum atomic E-state index is -0.315. The molecule has 0 saturated heterocycles. The van der Waals surface area contributed by atoms with Gasteiger partial charge in [-0.15, -0.1) is 0 Å². The first-order valence-corrected chi connectivity index (χ1v) is 8.32. The summed E-state index contributed by atoms with van der Waals surface area (Å²) in [6.45, 7) is 0. The van der Waals surface area contributed by atoms with Crippen LogP contribution in [0.3, 0.4) is 0 Å². The molecule has 1 heterocycles. The van der Waals surface area contributed by atoms with Gasteiger partial charge in [0.2, 0.25) is 0 Å². The van der Waals surface area contributed by atoms with Crippen LogP contribution < -0.4 is 15.5 Å². The molecule has 0 atom stereocenters. The normalized spacial score (nSPS) is 10.3. The Labute approximate surface area is 156 Å². The van der Waals surface area contributed by atoms with Crippen molar-refractivity contribution in [1.29, 1.82) is 0 Å². The molecule has 0 bridgehead atoms. The van der Waals surface area contributed by atoms with Crippen LogP contribution in [0, 0.1) is 0 Å². The molecule has 0 unspecified atom stereocenters. The van der Waals surface area contributed by atoms with Gasteiger partial charge in [0.25, 0.3) is 5.91 Å². The Kier molecular flexibility index (Phi) is 5.34. The highest BCUT2D eigenvalue weighted by atomic mass is 35.5. The number of rotatable bonds is 5. The number of halogens is 1. The number of anilines is 4. The molecule has 0 fully saturated rings. The first kappa shape index (κ1) is 17.7. The second-order valence-electron chi connectivity index (χ2n) is 5.82. The van der Waals surface area contributed by atoms with Crippen LogP contribution in [-0.4, -0.2) is 30.0 Å². The summed E-state index contributed by atoms with van der Waals surface area (Å²) in [5.74, 6) is 0.212. The van der Waals surface area contributed by atoms with Crippen molar-refractivity contribution >= 4 is 40.4 Å². The zero-order valence-corrected chi connectivity index (χ0v) is 15.2. The van der Waals surface area contributed by atoms with E-state index in [0.717, 1.165) is 11.4 Å². The number of aromatic nitrogens is 2. The van der Waals surface area contributed by atoms with E-state index in [1.54, 1.807) is 12.1 Å². The van der Waals surface area contributed by atoms with Gasteiger partial charge in [-0.2, -0.15) is 0 Å². The number of nitrogens with zero attached hydrogens (tertiary/aromatic N) is 3. The molecule has 0 spiro atoms. The monoisotopic (exact) mass is 367 g/mol. The van der Waals surface area contributed by atoms with Crippen LogP contribution in [0.5, 0.6) is 0 Å². The van der Waals surface area contributed by atoms with Crippen LogP contribution >= 0.6 is 11.6 Å². The Morgan fingerprint density at radius 2 is 1.77 bits per heavy atom. The number of benzene rings is 2. The minimum absolute atomic E-state index is 0.235. The molecule has 0 saturated carbocycles. The van der Waals surface area contributed by atoms with Crippen LogP contribution in [0.2, 0.25) is 5.02 Å². The zero-order valence-electron chi connectivity index (χ0n) is 14.4. The lowest BCUT2D eigenvalue weighted by atomic mass is 10.2. The molecule has 3 aromatic rings. The quantitative estimate of drug-likeness (QED) is 0.707. The van der Waals surface area contributed by atoms with Gasteiger partial charge in [-0.25, -0.2) is 9.97 Å². The Balaban J connectivity index is 1.65. The Hall–Kier alpha value is -3.12. The van der Waals surface area contributed by atoms with E-state index in [4.69, 9.17) is 11.6 Å². The van der Waals surface area contributed by atoms with Crippen LogP contribution in [0.25, 0.3) is 0 Å². The van der Waals surface area contributed by atoms with Crippen LogP contribution in [0.4, 0.5) is 22.9 Å². The second kappa shape index (κ2) is 7.84. The van der Waals surface area contributed by atoms with Gasteiger partial charge in [-0.3, -0.25) is 4.79 Å². The maximum Gasteiger partial charge on any atom is 0.275 e. The van der Waals surface area contributed by atoms with Gasteiger partial charge in [0, 0.05) is 36.2 Å². The molecule has 2 N–H and O–H groups in total. The standard InChI is InChI=1S/C19H18ClN5O/c1-25(2)16-8-6-14(7-9-16)24-19(26)17-11-22-18(12-21-17)23-15-5-3-4-13(20)10-15/h3-12H,1-2H3,(H,22,23)(H,24,26). The average Bonchev–Trinajstić information content (AvgIpc) is 2.63. The molecular formula is C19H18ClN5O. The molecule has 0 radical (unpaired) electrons. The topological polar surface area (TPSA) is 70.2 Å². The zero-order chi connectivity index (χ0) is 18.5. The number of hydrogen-bond donors (Lipinski definition) is 2. The molecule has 1 aromatic heterocycles. The van der Waals surface area contributed by atoms with Gasteiger partial charge in [0.1, 0.15) is 11.5 Å². The van der Waals surface area contributed by atoms with E-state index in [9.17, 15) is 4.79 Å². The number of carbonyl (C=O) groups is 1. The van der Waals surface area contributed by atoms with Crippen molar-refractivity contribution < 1.29 is 4.79 Å². The number of nitrogens with one attached hydrogen (secondary N) is 2. The van der Waals surface area contributed by atoms with Crippen molar-refractivity contribution in [3.05, 3.63) is 71.6 Å². The molecule has 3 rings (SSSR count). The predicted octanol–water partition coefficient (Wildman–Crippen LogP) is 4.19. The molecule has 2 aromatic carbocycles. The minimum Gasteiger partial charge on any atom is -0.378 e. The van der Waals surface area contributed by atoms with Gasteiger partial charge in [-0.1, -0.05) is 17.7 Å². The average molecular weight is 368 g/mol. The summed E-state index contributed by atoms with van der Waals surface area (Å²) in [5, 5.41) is 6.51. The molecular weight excluding hydrogens is 350 g/mol. The molecule has 26 heavy (non-hydrogen) atoms. The van der Waals surface area contributed by atoms with E-state index in [0.29, 0.717) is 16.5 Å². The lowest BCUT2D eigenvalue weighted by Crippen LogP contribution is -2.14. The number of amides is 1. The Morgan fingerprint density at radius 1 is 1.00 bits per heavy atom. The molecule has 0 aliphatic rings. The van der Waals surface area contributed by atoms with Gasteiger partial charge in [0.15, 0.2) is 0 Å². The summed E-state index contributed by atoms with van der Waals surface area (Å²) in [4.78, 5) is 22.7. The summed E-state index contributed by atoms with van der Waals surface area (Å²) in [7, 11) is 3.92. The molecule has 132 valence electrons. The first-order valence-electron chi connectivity index (χ1n) is 7.94. The third-order valence-corrected chi connectivity index (χ3v) is 3.86. The van der Waals surface area contributed by atoms with E-state index in [2.05, 4.69) is 20.6 Å². The summed E-state index contributed by atoms with van der Waals surface area (Å²) >= 11 is 5.95. The SMILES string of the molecule is CN(C)c1ccc(NC(=O)c2cnc(Nc3cccc(Cl)c3)cn2)cc1. The Bertz CT molecular complexity index is 895. The molecule has 6 nitrogen and oxygen atoms in total. The van der Waals surface area contributed by atoms with Crippen molar-refractivity contribution in [2.45, 2.75) is 0 Å². The van der Waals surface area contributed by atoms with E-state index in [1.165, 1.54) is 12.4 Å².